The molecule has 0 bridgehead atoms. The number of hydrogen-bond acceptors (Lipinski definition) is 10. The van der Waals surface area contributed by atoms with Crippen molar-refractivity contribution >= 4 is 56.2 Å². The van der Waals surface area contributed by atoms with Crippen LogP contribution in [-0.4, -0.2) is 35.1 Å². The maximum atomic E-state index is 11.8. The number of nitrogen functional groups attached to an aromatic ring is 2. The first-order valence-electron chi connectivity index (χ1n) is 9.18. The van der Waals surface area contributed by atoms with Gasteiger partial charge < -0.3 is 21.7 Å². The lowest BCUT2D eigenvalue weighted by atomic mass is 10.2. The topological polar surface area (TPSA) is 230 Å². The van der Waals surface area contributed by atoms with E-state index >= 15 is 0 Å². The second-order valence-electron chi connectivity index (χ2n) is 6.59. The summed E-state index contributed by atoms with van der Waals surface area (Å²) in [5, 5.41) is 33.7. The fourth-order valence-electron chi connectivity index (χ4n) is 2.76. The Morgan fingerprint density at radius 2 is 1.15 bits per heavy atom. The minimum Gasteiger partial charge on any atom is -0.478 e. The second-order valence-corrected chi connectivity index (χ2v) is 7.98. The fourth-order valence-corrected chi connectivity index (χ4v) is 3.40. The molecule has 3 aromatic rings. The van der Waals surface area contributed by atoms with E-state index in [-0.39, 0.29) is 33.9 Å². The Morgan fingerprint density at radius 3 is 1.62 bits per heavy atom. The first-order valence-corrected chi connectivity index (χ1v) is 10.6. The minimum absolute atomic E-state index is 0.0572. The molecule has 0 fully saturated rings. The van der Waals surface area contributed by atoms with Gasteiger partial charge in [0.1, 0.15) is 27.6 Å². The van der Waals surface area contributed by atoms with Crippen LogP contribution in [0.25, 0.3) is 0 Å². The third kappa shape index (κ3) is 5.03. The van der Waals surface area contributed by atoms with Crippen molar-refractivity contribution in [1.82, 2.24) is 0 Å². The molecular weight excluding hydrogens is 468 g/mol. The largest absolute Gasteiger partial charge is 0.478 e. The maximum absolute atomic E-state index is 11.8. The SMILES string of the molecule is Nc1c(N=Nc2ccccc2C(=O)O)cc(S(=O)(=O)O)c(N)c1N=Nc1ccccc1C(=O)O. The average molecular weight is 484 g/mol. The Hall–Kier alpha value is -4.69. The van der Waals surface area contributed by atoms with E-state index in [1.807, 2.05) is 0 Å². The highest BCUT2D eigenvalue weighted by atomic mass is 32.2. The molecule has 3 aromatic carbocycles. The summed E-state index contributed by atoms with van der Waals surface area (Å²) in [6.45, 7) is 0. The van der Waals surface area contributed by atoms with E-state index in [0.29, 0.717) is 0 Å². The van der Waals surface area contributed by atoms with Gasteiger partial charge in [-0.3, -0.25) is 4.55 Å². The van der Waals surface area contributed by atoms with Gasteiger partial charge in [-0.05, 0) is 30.3 Å². The van der Waals surface area contributed by atoms with Gasteiger partial charge in [0, 0.05) is 0 Å². The Balaban J connectivity index is 2.18. The molecule has 174 valence electrons. The molecule has 3 rings (SSSR count). The number of carboxylic acid groups (broad SMARTS) is 2. The molecule has 0 radical (unpaired) electrons. The van der Waals surface area contributed by atoms with Crippen molar-refractivity contribution in [2.24, 2.45) is 20.5 Å². The monoisotopic (exact) mass is 484 g/mol. The molecule has 0 aromatic heterocycles. The molecule has 13 nitrogen and oxygen atoms in total. The lowest BCUT2D eigenvalue weighted by Gasteiger charge is -2.10. The molecular formula is C20H16N6O7S. The first kappa shape index (κ1) is 24.0. The molecule has 0 aliphatic rings. The molecule has 0 saturated heterocycles. The van der Waals surface area contributed by atoms with E-state index in [1.165, 1.54) is 48.5 Å². The van der Waals surface area contributed by atoms with Gasteiger partial charge in [0.15, 0.2) is 0 Å². The molecule has 0 atom stereocenters. The van der Waals surface area contributed by atoms with Crippen LogP contribution in [-0.2, 0) is 10.1 Å². The predicted molar refractivity (Wildman–Crippen MR) is 120 cm³/mol. The Kier molecular flexibility index (Phi) is 6.65. The third-order valence-corrected chi connectivity index (χ3v) is 5.28. The average Bonchev–Trinajstić information content (AvgIpc) is 2.78. The molecule has 0 spiro atoms. The second kappa shape index (κ2) is 9.43. The van der Waals surface area contributed by atoms with Gasteiger partial charge in [0.2, 0.25) is 0 Å². The molecule has 0 saturated carbocycles. The van der Waals surface area contributed by atoms with Crippen LogP contribution in [0.3, 0.4) is 0 Å². The van der Waals surface area contributed by atoms with Crippen LogP contribution in [0.4, 0.5) is 34.1 Å². The molecule has 14 heteroatoms. The van der Waals surface area contributed by atoms with Crippen LogP contribution in [0.15, 0.2) is 79.9 Å². The van der Waals surface area contributed by atoms with Crippen molar-refractivity contribution < 1.29 is 32.8 Å². The van der Waals surface area contributed by atoms with E-state index in [4.69, 9.17) is 11.5 Å². The highest BCUT2D eigenvalue weighted by Gasteiger charge is 2.23. The zero-order chi connectivity index (χ0) is 25.0. The van der Waals surface area contributed by atoms with E-state index in [2.05, 4.69) is 20.5 Å². The lowest BCUT2D eigenvalue weighted by molar-refractivity contribution is 0.0687. The van der Waals surface area contributed by atoms with Crippen LogP contribution in [0.2, 0.25) is 0 Å². The highest BCUT2D eigenvalue weighted by Crippen LogP contribution is 2.43. The standard InChI is InChI=1S/C20H16N6O7S/c21-16-14(25-23-12-7-3-1-5-10(12)19(27)28)9-15(34(31,32)33)17(22)18(16)26-24-13-8-4-2-6-11(13)20(29)30/h1-9H,21-22H2,(H,27,28)(H,29,30)(H,31,32,33). The first-order chi connectivity index (χ1) is 16.0. The summed E-state index contributed by atoms with van der Waals surface area (Å²) in [5.41, 5.74) is 9.73. The smallest absolute Gasteiger partial charge is 0.337 e. The summed E-state index contributed by atoms with van der Waals surface area (Å²) in [6.07, 6.45) is 0. The van der Waals surface area contributed by atoms with Gasteiger partial charge in [0.05, 0.1) is 22.5 Å². The van der Waals surface area contributed by atoms with Gasteiger partial charge >= 0.3 is 11.9 Å². The van der Waals surface area contributed by atoms with Gasteiger partial charge in [-0.2, -0.15) is 8.42 Å². The number of carbonyl (C=O) groups is 2. The quantitative estimate of drug-likeness (QED) is 0.182. The van der Waals surface area contributed by atoms with Crippen molar-refractivity contribution in [1.29, 1.82) is 0 Å². The summed E-state index contributed by atoms with van der Waals surface area (Å²) in [7, 11) is -4.88. The fraction of sp³-hybridized carbons (Fsp3) is 0. The number of anilines is 2. The number of azo groups is 2. The summed E-state index contributed by atoms with van der Waals surface area (Å²) in [6, 6.07) is 12.0. The van der Waals surface area contributed by atoms with Gasteiger partial charge in [-0.1, -0.05) is 24.3 Å². The number of carboxylic acids is 2. The van der Waals surface area contributed by atoms with Crippen LogP contribution in [0.5, 0.6) is 0 Å². The van der Waals surface area contributed by atoms with Gasteiger partial charge in [0.25, 0.3) is 10.1 Å². The number of benzene rings is 3. The van der Waals surface area contributed by atoms with E-state index in [0.717, 1.165) is 6.07 Å². The van der Waals surface area contributed by atoms with Crippen LogP contribution in [0, 0.1) is 0 Å². The van der Waals surface area contributed by atoms with Crippen molar-refractivity contribution in [3.63, 3.8) is 0 Å². The number of rotatable bonds is 7. The van der Waals surface area contributed by atoms with Crippen LogP contribution < -0.4 is 11.5 Å². The zero-order valence-electron chi connectivity index (χ0n) is 17.0. The Labute approximate surface area is 191 Å². The van der Waals surface area contributed by atoms with Crippen LogP contribution >= 0.6 is 0 Å². The summed E-state index contributed by atoms with van der Waals surface area (Å²) in [5.74, 6) is -2.56. The third-order valence-electron chi connectivity index (χ3n) is 4.39. The molecule has 0 aliphatic carbocycles. The number of aromatic carboxylic acids is 2. The number of nitrogens with zero attached hydrogens (tertiary/aromatic N) is 4. The van der Waals surface area contributed by atoms with E-state index in [9.17, 15) is 32.8 Å². The molecule has 0 aliphatic heterocycles. The van der Waals surface area contributed by atoms with Gasteiger partial charge in [-0.25, -0.2) is 9.59 Å². The predicted octanol–water partition coefficient (Wildman–Crippen LogP) is 4.32. The zero-order valence-corrected chi connectivity index (χ0v) is 17.8. The summed E-state index contributed by atoms with van der Waals surface area (Å²) < 4.78 is 33.2. The van der Waals surface area contributed by atoms with E-state index < -0.39 is 38.3 Å². The molecule has 0 amide bonds. The lowest BCUT2D eigenvalue weighted by Crippen LogP contribution is -2.05. The maximum Gasteiger partial charge on any atom is 0.337 e. The number of hydrogen-bond donors (Lipinski definition) is 5. The van der Waals surface area contributed by atoms with Crippen molar-refractivity contribution in [2.45, 2.75) is 4.90 Å². The molecule has 0 heterocycles. The minimum atomic E-state index is -4.88. The summed E-state index contributed by atoms with van der Waals surface area (Å²) in [4.78, 5) is 21.9. The molecule has 34 heavy (non-hydrogen) atoms. The highest BCUT2D eigenvalue weighted by molar-refractivity contribution is 7.86. The Morgan fingerprint density at radius 1 is 0.706 bits per heavy atom. The normalized spacial score (nSPS) is 11.8. The van der Waals surface area contributed by atoms with Gasteiger partial charge in [-0.15, -0.1) is 20.5 Å². The molecule has 7 N–H and O–H groups in total. The van der Waals surface area contributed by atoms with Crippen LogP contribution in [0.1, 0.15) is 20.7 Å². The van der Waals surface area contributed by atoms with Crippen molar-refractivity contribution in [3.8, 4) is 0 Å². The van der Waals surface area contributed by atoms with Crippen molar-refractivity contribution in [3.05, 3.63) is 65.7 Å². The summed E-state index contributed by atoms with van der Waals surface area (Å²) >= 11 is 0. The molecule has 0 unspecified atom stereocenters. The van der Waals surface area contributed by atoms with E-state index in [1.54, 1.807) is 0 Å². The Bertz CT molecular complexity index is 1470. The van der Waals surface area contributed by atoms with Crippen molar-refractivity contribution in [2.75, 3.05) is 11.5 Å². The number of nitrogens with two attached hydrogens (primary N) is 2.